The molecule has 0 saturated heterocycles. The zero-order valence-electron chi connectivity index (χ0n) is 18.5. The van der Waals surface area contributed by atoms with Gasteiger partial charge in [-0.2, -0.15) is 5.26 Å². The van der Waals surface area contributed by atoms with Crippen LogP contribution in [0.3, 0.4) is 0 Å². The summed E-state index contributed by atoms with van der Waals surface area (Å²) in [6, 6.07) is 20.9. The van der Waals surface area contributed by atoms with Gasteiger partial charge in [0, 0.05) is 23.6 Å². The molecular weight excluding hydrogens is 414 g/mol. The van der Waals surface area contributed by atoms with E-state index in [9.17, 15) is 10.1 Å². The highest BCUT2D eigenvalue weighted by atomic mass is 32.2. The maximum absolute atomic E-state index is 12.4. The van der Waals surface area contributed by atoms with Gasteiger partial charge in [0.1, 0.15) is 11.1 Å². The van der Waals surface area contributed by atoms with Crippen LogP contribution in [0.15, 0.2) is 59.6 Å². The molecule has 4 nitrogen and oxygen atoms in total. The number of thioether (sulfide) groups is 1. The van der Waals surface area contributed by atoms with Crippen molar-refractivity contribution in [2.24, 2.45) is 0 Å². The van der Waals surface area contributed by atoms with Crippen LogP contribution in [0.25, 0.3) is 0 Å². The topological polar surface area (TPSA) is 65.8 Å². The van der Waals surface area contributed by atoms with Crippen LogP contribution in [0, 0.1) is 25.2 Å². The second kappa shape index (κ2) is 10.0. The standard InChI is InChI=1S/C27H27N3OS/c1-18-12-19(2)14-24(13-18)29-26(31)10-11-32-27-23(17-28)16-22-15-21(8-9-25(22)30-27)20-6-4-3-5-7-20/h3-7,12-14,16,21H,8-11,15H2,1-2H3,(H,29,31). The number of amides is 1. The van der Waals surface area contributed by atoms with E-state index in [0.29, 0.717) is 23.7 Å². The van der Waals surface area contributed by atoms with E-state index in [0.717, 1.165) is 46.8 Å². The normalized spacial score (nSPS) is 15.0. The summed E-state index contributed by atoms with van der Waals surface area (Å²) in [4.78, 5) is 17.2. The molecule has 3 aromatic rings. The molecule has 0 saturated carbocycles. The number of hydrogen-bond donors (Lipinski definition) is 1. The van der Waals surface area contributed by atoms with E-state index in [1.807, 2.05) is 38.1 Å². The summed E-state index contributed by atoms with van der Waals surface area (Å²) in [6.45, 7) is 4.04. The summed E-state index contributed by atoms with van der Waals surface area (Å²) in [7, 11) is 0. The third-order valence-electron chi connectivity index (χ3n) is 5.82. The molecule has 0 bridgehead atoms. The lowest BCUT2D eigenvalue weighted by molar-refractivity contribution is -0.115. The predicted octanol–water partition coefficient (Wildman–Crippen LogP) is 5.96. The Morgan fingerprint density at radius 3 is 2.62 bits per heavy atom. The average Bonchev–Trinajstić information content (AvgIpc) is 2.78. The predicted molar refractivity (Wildman–Crippen MR) is 130 cm³/mol. The molecule has 1 aliphatic rings. The van der Waals surface area contributed by atoms with E-state index < -0.39 is 0 Å². The number of rotatable bonds is 6. The molecule has 162 valence electrons. The van der Waals surface area contributed by atoms with Crippen LogP contribution < -0.4 is 5.32 Å². The Labute approximate surface area is 194 Å². The number of hydrogen-bond acceptors (Lipinski definition) is 4. The molecule has 0 radical (unpaired) electrons. The number of nitrogens with one attached hydrogen (secondary N) is 1. The molecular formula is C27H27N3OS. The number of carbonyl (C=O) groups excluding carboxylic acids is 1. The van der Waals surface area contributed by atoms with E-state index in [4.69, 9.17) is 4.98 Å². The average molecular weight is 442 g/mol. The zero-order valence-corrected chi connectivity index (χ0v) is 19.3. The number of pyridine rings is 1. The minimum atomic E-state index is -0.0235. The highest BCUT2D eigenvalue weighted by Crippen LogP contribution is 2.34. The number of nitriles is 1. The summed E-state index contributed by atoms with van der Waals surface area (Å²) in [5.41, 5.74) is 7.32. The number of carbonyl (C=O) groups is 1. The Balaban J connectivity index is 1.38. The SMILES string of the molecule is Cc1cc(C)cc(NC(=O)CCSc2nc3c(cc2C#N)CC(c2ccccc2)CC3)c1. The molecule has 1 amide bonds. The maximum atomic E-state index is 12.4. The molecule has 0 aliphatic heterocycles. The Morgan fingerprint density at radius 2 is 1.91 bits per heavy atom. The molecule has 1 unspecified atom stereocenters. The Bertz CT molecular complexity index is 1150. The molecule has 32 heavy (non-hydrogen) atoms. The second-order valence-corrected chi connectivity index (χ2v) is 9.52. The molecule has 5 heteroatoms. The maximum Gasteiger partial charge on any atom is 0.225 e. The van der Waals surface area contributed by atoms with E-state index in [1.165, 1.54) is 22.9 Å². The van der Waals surface area contributed by atoms with Gasteiger partial charge in [-0.05, 0) is 79.5 Å². The Kier molecular flexibility index (Phi) is 6.92. The molecule has 0 spiro atoms. The van der Waals surface area contributed by atoms with Gasteiger partial charge in [0.05, 0.1) is 5.56 Å². The first kappa shape index (κ1) is 22.1. The zero-order chi connectivity index (χ0) is 22.5. The van der Waals surface area contributed by atoms with Gasteiger partial charge >= 0.3 is 0 Å². The molecule has 0 fully saturated rings. The summed E-state index contributed by atoms with van der Waals surface area (Å²) in [5, 5.41) is 13.4. The van der Waals surface area contributed by atoms with E-state index in [2.05, 4.69) is 41.7 Å². The summed E-state index contributed by atoms with van der Waals surface area (Å²) < 4.78 is 0. The lowest BCUT2D eigenvalue weighted by Gasteiger charge is -2.25. The first-order valence-electron chi connectivity index (χ1n) is 11.0. The fourth-order valence-corrected chi connectivity index (χ4v) is 5.27. The van der Waals surface area contributed by atoms with Gasteiger partial charge in [-0.15, -0.1) is 11.8 Å². The molecule has 2 aromatic carbocycles. The molecule has 1 atom stereocenters. The molecule has 1 heterocycles. The number of fused-ring (bicyclic) bond motifs is 1. The largest absolute Gasteiger partial charge is 0.326 e. The van der Waals surface area contributed by atoms with Crippen LogP contribution in [-0.4, -0.2) is 16.6 Å². The monoisotopic (exact) mass is 441 g/mol. The summed E-state index contributed by atoms with van der Waals surface area (Å²) in [6.07, 6.45) is 3.28. The van der Waals surface area contributed by atoms with Crippen molar-refractivity contribution in [2.45, 2.75) is 50.5 Å². The minimum absolute atomic E-state index is 0.0235. The van der Waals surface area contributed by atoms with E-state index in [-0.39, 0.29) is 5.91 Å². The van der Waals surface area contributed by atoms with Gasteiger partial charge in [-0.1, -0.05) is 36.4 Å². The van der Waals surface area contributed by atoms with Gasteiger partial charge in [-0.25, -0.2) is 4.98 Å². The second-order valence-electron chi connectivity index (χ2n) is 8.43. The number of benzene rings is 2. The highest BCUT2D eigenvalue weighted by molar-refractivity contribution is 7.99. The first-order valence-corrected chi connectivity index (χ1v) is 12.0. The summed E-state index contributed by atoms with van der Waals surface area (Å²) >= 11 is 1.49. The van der Waals surface area contributed by atoms with Crippen molar-refractivity contribution < 1.29 is 4.79 Å². The molecule has 1 aliphatic carbocycles. The van der Waals surface area contributed by atoms with Crippen LogP contribution in [0.1, 0.15) is 52.3 Å². The quantitative estimate of drug-likeness (QED) is 0.479. The van der Waals surface area contributed by atoms with Crippen molar-refractivity contribution in [1.82, 2.24) is 4.98 Å². The van der Waals surface area contributed by atoms with Gasteiger partial charge in [0.25, 0.3) is 0 Å². The lowest BCUT2D eigenvalue weighted by Crippen LogP contribution is -2.15. The van der Waals surface area contributed by atoms with E-state index in [1.54, 1.807) is 0 Å². The van der Waals surface area contributed by atoms with Crippen LogP contribution in [-0.2, 0) is 17.6 Å². The highest BCUT2D eigenvalue weighted by Gasteiger charge is 2.23. The Morgan fingerprint density at radius 1 is 1.16 bits per heavy atom. The smallest absolute Gasteiger partial charge is 0.225 e. The molecule has 4 rings (SSSR count). The number of anilines is 1. The Hall–Kier alpha value is -3.10. The van der Waals surface area contributed by atoms with Gasteiger partial charge in [0.15, 0.2) is 0 Å². The summed E-state index contributed by atoms with van der Waals surface area (Å²) in [5.74, 6) is 1.04. The third kappa shape index (κ3) is 5.38. The van der Waals surface area contributed by atoms with Crippen LogP contribution in [0.4, 0.5) is 5.69 Å². The molecule has 1 N–H and O–H groups in total. The fraction of sp³-hybridized carbons (Fsp3) is 0.296. The van der Waals surface area contributed by atoms with Crippen molar-refractivity contribution in [2.75, 3.05) is 11.1 Å². The number of nitrogens with zero attached hydrogens (tertiary/aromatic N) is 2. The van der Waals surface area contributed by atoms with Crippen LogP contribution in [0.5, 0.6) is 0 Å². The minimum Gasteiger partial charge on any atom is -0.326 e. The van der Waals surface area contributed by atoms with Crippen molar-refractivity contribution in [3.63, 3.8) is 0 Å². The first-order chi connectivity index (χ1) is 15.5. The van der Waals surface area contributed by atoms with Crippen LogP contribution >= 0.6 is 11.8 Å². The number of aryl methyl sites for hydroxylation is 3. The van der Waals surface area contributed by atoms with Gasteiger partial charge in [-0.3, -0.25) is 4.79 Å². The van der Waals surface area contributed by atoms with Gasteiger partial charge < -0.3 is 5.32 Å². The molecule has 1 aromatic heterocycles. The fourth-order valence-electron chi connectivity index (χ4n) is 4.36. The van der Waals surface area contributed by atoms with Gasteiger partial charge in [0.2, 0.25) is 5.91 Å². The van der Waals surface area contributed by atoms with Crippen LogP contribution in [0.2, 0.25) is 0 Å². The van der Waals surface area contributed by atoms with Crippen molar-refractivity contribution >= 4 is 23.4 Å². The lowest BCUT2D eigenvalue weighted by atomic mass is 9.82. The van der Waals surface area contributed by atoms with E-state index >= 15 is 0 Å². The van der Waals surface area contributed by atoms with Crippen molar-refractivity contribution in [1.29, 1.82) is 5.26 Å². The van der Waals surface area contributed by atoms with Crippen molar-refractivity contribution in [3.05, 3.63) is 88.1 Å². The van der Waals surface area contributed by atoms with Crippen molar-refractivity contribution in [3.8, 4) is 6.07 Å². The number of aromatic nitrogens is 1. The third-order valence-corrected chi connectivity index (χ3v) is 6.81.